The quantitative estimate of drug-likeness (QED) is 0.102. The Morgan fingerprint density at radius 1 is 0.774 bits per heavy atom. The predicted molar refractivity (Wildman–Crippen MR) is 204 cm³/mol. The molecule has 3 aliphatic rings. The average molecular weight is 713 g/mol. The molecule has 1 atom stereocenters. The number of benzene rings is 4. The summed E-state index contributed by atoms with van der Waals surface area (Å²) < 4.78 is 5.95. The lowest BCUT2D eigenvalue weighted by molar-refractivity contribution is -0.136. The predicted octanol–water partition coefficient (Wildman–Crippen LogP) is 6.14. The van der Waals surface area contributed by atoms with E-state index in [2.05, 4.69) is 70.6 Å². The number of phenols is 1. The van der Waals surface area contributed by atoms with Crippen LogP contribution >= 0.6 is 0 Å². The number of rotatable bonds is 12. The molecule has 7 rings (SSSR count). The highest BCUT2D eigenvalue weighted by molar-refractivity contribution is 6.23. The number of piperidine rings is 1. The van der Waals surface area contributed by atoms with Gasteiger partial charge >= 0.3 is 0 Å². The van der Waals surface area contributed by atoms with Gasteiger partial charge in [0.25, 0.3) is 11.8 Å². The average Bonchev–Trinajstić information content (AvgIpc) is 3.42. The van der Waals surface area contributed by atoms with E-state index in [0.29, 0.717) is 12.4 Å². The van der Waals surface area contributed by atoms with E-state index in [1.807, 2.05) is 18.2 Å². The van der Waals surface area contributed by atoms with E-state index >= 15 is 0 Å². The molecule has 272 valence electrons. The maximum Gasteiger partial charge on any atom is 0.262 e. The van der Waals surface area contributed by atoms with E-state index in [4.69, 9.17) is 4.74 Å². The largest absolute Gasteiger partial charge is 0.508 e. The van der Waals surface area contributed by atoms with Crippen molar-refractivity contribution in [3.8, 4) is 11.5 Å². The normalized spacial score (nSPS) is 18.2. The smallest absolute Gasteiger partial charge is 0.262 e. The van der Waals surface area contributed by atoms with Gasteiger partial charge < -0.3 is 14.7 Å². The second-order valence-corrected chi connectivity index (χ2v) is 13.7. The number of ether oxygens (including phenoxy) is 1. The topological polar surface area (TPSA) is 119 Å². The molecule has 53 heavy (non-hydrogen) atoms. The van der Waals surface area contributed by atoms with Crippen molar-refractivity contribution in [1.29, 1.82) is 0 Å². The van der Waals surface area contributed by atoms with Gasteiger partial charge in [-0.15, -0.1) is 0 Å². The van der Waals surface area contributed by atoms with Crippen molar-refractivity contribution < 1.29 is 29.0 Å². The number of phenolic OH excluding ortho intramolecular Hbond substituents is 1. The first-order valence-corrected chi connectivity index (χ1v) is 18.4. The fraction of sp³-hybridized carbons (Fsp3) is 0.302. The van der Waals surface area contributed by atoms with Gasteiger partial charge in [0.15, 0.2) is 0 Å². The summed E-state index contributed by atoms with van der Waals surface area (Å²) >= 11 is 0. The molecular formula is C43H44N4O6. The minimum Gasteiger partial charge on any atom is -0.508 e. The Morgan fingerprint density at radius 2 is 1.45 bits per heavy atom. The Hall–Kier alpha value is -5.74. The van der Waals surface area contributed by atoms with Crippen LogP contribution in [0.2, 0.25) is 0 Å². The third-order valence-corrected chi connectivity index (χ3v) is 10.4. The molecule has 1 unspecified atom stereocenters. The highest BCUT2D eigenvalue weighted by Gasteiger charge is 2.44. The molecule has 2 N–H and O–H groups in total. The van der Waals surface area contributed by atoms with Crippen LogP contribution in [0.3, 0.4) is 0 Å². The van der Waals surface area contributed by atoms with Gasteiger partial charge in [0.05, 0.1) is 17.7 Å². The van der Waals surface area contributed by atoms with Crippen molar-refractivity contribution in [2.75, 3.05) is 44.2 Å². The zero-order valence-corrected chi connectivity index (χ0v) is 29.9. The number of hydrogen-bond donors (Lipinski definition) is 2. The van der Waals surface area contributed by atoms with Crippen molar-refractivity contribution in [3.63, 3.8) is 0 Å². The SMILES string of the molecule is CCC(=C(c1ccc(O)cc1)c1ccc(N2CCN(CCCCOc3ccc4c(c3)C(=O)N(C3CCC(=O)NC3=O)C4=O)CC2)cc1)c1ccccc1. The number of hydrogen-bond acceptors (Lipinski definition) is 8. The number of unbranched alkanes of at least 4 members (excludes halogenated alkanes) is 1. The van der Waals surface area contributed by atoms with Crippen LogP contribution in [0.1, 0.15) is 76.4 Å². The Morgan fingerprint density at radius 3 is 2.13 bits per heavy atom. The number of aromatic hydroxyl groups is 1. The number of nitrogens with zero attached hydrogens (tertiary/aromatic N) is 3. The Bertz CT molecular complexity index is 2020. The summed E-state index contributed by atoms with van der Waals surface area (Å²) in [7, 11) is 0. The van der Waals surface area contributed by atoms with Crippen molar-refractivity contribution >= 4 is 40.5 Å². The Kier molecular flexibility index (Phi) is 10.7. The maximum absolute atomic E-state index is 13.1. The molecule has 3 heterocycles. The van der Waals surface area contributed by atoms with Gasteiger partial charge in [0.1, 0.15) is 17.5 Å². The zero-order chi connectivity index (χ0) is 36.9. The Labute approximate surface area is 309 Å². The summed E-state index contributed by atoms with van der Waals surface area (Å²) in [6, 6.07) is 30.7. The van der Waals surface area contributed by atoms with E-state index < -0.39 is 29.7 Å². The number of imide groups is 2. The van der Waals surface area contributed by atoms with Gasteiger partial charge in [0.2, 0.25) is 11.8 Å². The second kappa shape index (κ2) is 15.9. The summed E-state index contributed by atoms with van der Waals surface area (Å²) in [5.74, 6) is -1.32. The van der Waals surface area contributed by atoms with Gasteiger partial charge in [-0.05, 0) is 103 Å². The third-order valence-electron chi connectivity index (χ3n) is 10.4. The minimum absolute atomic E-state index is 0.0833. The van der Waals surface area contributed by atoms with Crippen molar-refractivity contribution in [2.24, 2.45) is 0 Å². The molecule has 3 aliphatic heterocycles. The number of carbonyl (C=O) groups excluding carboxylic acids is 4. The van der Waals surface area contributed by atoms with E-state index in [1.165, 1.54) is 22.4 Å². The van der Waals surface area contributed by atoms with Crippen LogP contribution < -0.4 is 15.0 Å². The van der Waals surface area contributed by atoms with Crippen LogP contribution in [-0.4, -0.2) is 83.9 Å². The maximum atomic E-state index is 13.1. The first-order valence-electron chi connectivity index (χ1n) is 18.4. The summed E-state index contributed by atoms with van der Waals surface area (Å²) in [6.07, 6.45) is 2.89. The fourth-order valence-corrected chi connectivity index (χ4v) is 7.54. The monoisotopic (exact) mass is 712 g/mol. The summed E-state index contributed by atoms with van der Waals surface area (Å²) in [6.45, 7) is 7.46. The summed E-state index contributed by atoms with van der Waals surface area (Å²) in [4.78, 5) is 55.8. The highest BCUT2D eigenvalue weighted by Crippen LogP contribution is 2.36. The van der Waals surface area contributed by atoms with Gasteiger partial charge in [-0.25, -0.2) is 0 Å². The number of allylic oxidation sites excluding steroid dienone is 1. The standard InChI is InChI=1S/C43H44N4O6/c1-2-35(29-8-4-3-5-9-29)40(31-12-16-33(48)17-13-31)30-10-14-32(15-11-30)46-25-23-45(24-26-46)22-6-7-27-53-34-18-19-36-37(28-34)43(52)47(42(36)51)38-20-21-39(49)44-41(38)50/h3-5,8-19,28,38,48H,2,6-7,20-27H2,1H3,(H,44,49,50). The van der Waals surface area contributed by atoms with Crippen LogP contribution in [0.25, 0.3) is 11.1 Å². The van der Waals surface area contributed by atoms with E-state index in [1.54, 1.807) is 30.3 Å². The number of amides is 4. The number of piperazine rings is 1. The van der Waals surface area contributed by atoms with E-state index in [0.717, 1.165) is 68.0 Å². The van der Waals surface area contributed by atoms with Gasteiger partial charge in [-0.2, -0.15) is 0 Å². The first-order chi connectivity index (χ1) is 25.8. The van der Waals surface area contributed by atoms with Crippen molar-refractivity contribution in [1.82, 2.24) is 15.1 Å². The molecule has 0 spiro atoms. The van der Waals surface area contributed by atoms with Crippen LogP contribution in [-0.2, 0) is 9.59 Å². The molecule has 10 nitrogen and oxygen atoms in total. The molecule has 0 aliphatic carbocycles. The van der Waals surface area contributed by atoms with Crippen LogP contribution in [0.4, 0.5) is 5.69 Å². The number of nitrogens with one attached hydrogen (secondary N) is 1. The minimum atomic E-state index is -0.987. The van der Waals surface area contributed by atoms with Crippen LogP contribution in [0.15, 0.2) is 97.1 Å². The third kappa shape index (κ3) is 7.73. The molecule has 4 aromatic rings. The van der Waals surface area contributed by atoms with E-state index in [9.17, 15) is 24.3 Å². The van der Waals surface area contributed by atoms with Gasteiger partial charge in [-0.3, -0.25) is 34.3 Å². The van der Waals surface area contributed by atoms with Crippen molar-refractivity contribution in [2.45, 2.75) is 45.1 Å². The molecular weight excluding hydrogens is 668 g/mol. The lowest BCUT2D eigenvalue weighted by Crippen LogP contribution is -2.54. The Balaban J connectivity index is 0.895. The summed E-state index contributed by atoms with van der Waals surface area (Å²) in [5, 5.41) is 12.2. The summed E-state index contributed by atoms with van der Waals surface area (Å²) in [5.41, 5.74) is 7.53. The fourth-order valence-electron chi connectivity index (χ4n) is 7.54. The number of carbonyl (C=O) groups is 4. The van der Waals surface area contributed by atoms with Gasteiger partial charge in [-0.1, -0.05) is 61.5 Å². The van der Waals surface area contributed by atoms with Gasteiger partial charge in [0, 0.05) is 38.3 Å². The molecule has 2 saturated heterocycles. The molecule has 0 saturated carbocycles. The van der Waals surface area contributed by atoms with Crippen LogP contribution in [0.5, 0.6) is 11.5 Å². The first kappa shape index (κ1) is 35.7. The number of anilines is 1. The lowest BCUT2D eigenvalue weighted by atomic mass is 9.88. The van der Waals surface area contributed by atoms with E-state index in [-0.39, 0.29) is 29.7 Å². The molecule has 4 amide bonds. The molecule has 0 aromatic heterocycles. The number of fused-ring (bicyclic) bond motifs is 1. The zero-order valence-electron chi connectivity index (χ0n) is 29.9. The molecule has 0 radical (unpaired) electrons. The molecule has 0 bridgehead atoms. The molecule has 10 heteroatoms. The lowest BCUT2D eigenvalue weighted by Gasteiger charge is -2.36. The molecule has 4 aromatic carbocycles. The highest BCUT2D eigenvalue weighted by atomic mass is 16.5. The van der Waals surface area contributed by atoms with Crippen molar-refractivity contribution in [3.05, 3.63) is 125 Å². The van der Waals surface area contributed by atoms with Crippen LogP contribution in [0, 0.1) is 0 Å². The molecule has 2 fully saturated rings. The second-order valence-electron chi connectivity index (χ2n) is 13.7.